The second-order valence-corrected chi connectivity index (χ2v) is 2.45. The van der Waals surface area contributed by atoms with Crippen LogP contribution >= 0.6 is 0 Å². The van der Waals surface area contributed by atoms with Gasteiger partial charge >= 0.3 is 0 Å². The van der Waals surface area contributed by atoms with Gasteiger partial charge in [0.15, 0.2) is 0 Å². The van der Waals surface area contributed by atoms with Crippen LogP contribution in [0.2, 0.25) is 0 Å². The molecular weight excluding hydrogens is 116 g/mol. The Morgan fingerprint density at radius 3 is 2.44 bits per heavy atom. The third-order valence-electron chi connectivity index (χ3n) is 1.61. The van der Waals surface area contributed by atoms with E-state index in [9.17, 15) is 0 Å². The summed E-state index contributed by atoms with van der Waals surface area (Å²) in [4.78, 5) is 0. The predicted molar refractivity (Wildman–Crippen MR) is 35.4 cm³/mol. The monoisotopic (exact) mass is 128 g/mol. The van der Waals surface area contributed by atoms with Crippen LogP contribution in [0.25, 0.3) is 0 Å². The maximum Gasteiger partial charge on any atom is 0.121 e. The Balaban J connectivity index is 2.37. The molecule has 0 aliphatic heterocycles. The molecule has 1 aliphatic rings. The van der Waals surface area contributed by atoms with Gasteiger partial charge in [0.05, 0.1) is 0 Å². The van der Waals surface area contributed by atoms with Crippen LogP contribution < -0.4 is 5.73 Å². The van der Waals surface area contributed by atoms with Gasteiger partial charge in [0.25, 0.3) is 0 Å². The maximum absolute atomic E-state index is 7.07. The topological polar surface area (TPSA) is 59.1 Å². The molecule has 0 aromatic carbocycles. The number of hydrogen-bond acceptors (Lipinski definition) is 2. The highest BCUT2D eigenvalue weighted by Crippen LogP contribution is 2.33. The molecule has 3 N–H and O–H groups in total. The highest BCUT2D eigenvalue weighted by molar-refractivity contribution is 5.82. The summed E-state index contributed by atoms with van der Waals surface area (Å²) in [5.41, 5.74) is 5.25. The molecule has 1 rings (SSSR count). The van der Waals surface area contributed by atoms with Gasteiger partial charge in [-0.25, -0.2) is 0 Å². The van der Waals surface area contributed by atoms with Crippen LogP contribution in [0, 0.1) is 11.3 Å². The van der Waals surface area contributed by atoms with Gasteiger partial charge in [-0.2, -0.15) is 0 Å². The molecule has 1 fully saturated rings. The summed E-state index contributed by atoms with van der Waals surface area (Å²) in [6.45, 7) is 0. The third-order valence-corrected chi connectivity index (χ3v) is 1.61. The van der Waals surface area contributed by atoms with E-state index >= 15 is 0 Å². The Morgan fingerprint density at radius 1 is 1.78 bits per heavy atom. The standard InChI is InChI=1S/C6H12N2O/c1-9-5(6(7)8)4-2-3-4/h4-5H,2-3H2,1H3,(H3,7,8)/t5-/m1/s1. The number of rotatable bonds is 3. The predicted octanol–water partition coefficient (Wildman–Crippen LogP) is 0.347. The summed E-state index contributed by atoms with van der Waals surface area (Å²) in [7, 11) is 1.60. The first-order valence-electron chi connectivity index (χ1n) is 3.12. The summed E-state index contributed by atoms with van der Waals surface area (Å²) in [5.74, 6) is 0.701. The fourth-order valence-electron chi connectivity index (χ4n) is 0.972. The Hall–Kier alpha value is -0.570. The van der Waals surface area contributed by atoms with E-state index in [2.05, 4.69) is 0 Å². The van der Waals surface area contributed by atoms with Crippen molar-refractivity contribution in [3.05, 3.63) is 0 Å². The Kier molecular flexibility index (Phi) is 1.71. The van der Waals surface area contributed by atoms with Crippen LogP contribution in [-0.2, 0) is 4.74 Å². The first-order valence-corrected chi connectivity index (χ1v) is 3.12. The highest BCUT2D eigenvalue weighted by Gasteiger charge is 2.32. The molecule has 0 aromatic heterocycles. The minimum absolute atomic E-state index is 0.106. The van der Waals surface area contributed by atoms with Gasteiger partial charge in [-0.1, -0.05) is 0 Å². The molecule has 0 saturated heterocycles. The van der Waals surface area contributed by atoms with Crippen LogP contribution in [0.1, 0.15) is 12.8 Å². The first kappa shape index (κ1) is 6.55. The lowest BCUT2D eigenvalue weighted by Crippen LogP contribution is -2.31. The average Bonchev–Trinajstić information content (AvgIpc) is 2.50. The summed E-state index contributed by atoms with van der Waals surface area (Å²) >= 11 is 0. The molecule has 0 aromatic rings. The van der Waals surface area contributed by atoms with Crippen molar-refractivity contribution in [2.45, 2.75) is 18.9 Å². The zero-order chi connectivity index (χ0) is 6.85. The van der Waals surface area contributed by atoms with Gasteiger partial charge in [-0.15, -0.1) is 0 Å². The van der Waals surface area contributed by atoms with Gasteiger partial charge in [-0.05, 0) is 18.8 Å². The summed E-state index contributed by atoms with van der Waals surface area (Å²) in [6, 6.07) is 0. The molecule has 1 atom stereocenters. The van der Waals surface area contributed by atoms with Crippen molar-refractivity contribution in [2.75, 3.05) is 7.11 Å². The minimum atomic E-state index is -0.106. The summed E-state index contributed by atoms with van der Waals surface area (Å²) < 4.78 is 4.99. The molecule has 0 radical (unpaired) electrons. The molecule has 3 heteroatoms. The van der Waals surface area contributed by atoms with Crippen LogP contribution in [0.4, 0.5) is 0 Å². The van der Waals surface area contributed by atoms with Crippen molar-refractivity contribution in [1.29, 1.82) is 5.41 Å². The van der Waals surface area contributed by atoms with E-state index in [4.69, 9.17) is 15.9 Å². The van der Waals surface area contributed by atoms with E-state index in [-0.39, 0.29) is 11.9 Å². The van der Waals surface area contributed by atoms with Crippen LogP contribution in [0.5, 0.6) is 0 Å². The van der Waals surface area contributed by atoms with Crippen LogP contribution in [0.3, 0.4) is 0 Å². The highest BCUT2D eigenvalue weighted by atomic mass is 16.5. The zero-order valence-electron chi connectivity index (χ0n) is 5.55. The normalized spacial score (nSPS) is 21.4. The molecular formula is C6H12N2O. The third kappa shape index (κ3) is 1.42. The van der Waals surface area contributed by atoms with E-state index in [0.29, 0.717) is 5.92 Å². The minimum Gasteiger partial charge on any atom is -0.385 e. The van der Waals surface area contributed by atoms with Crippen molar-refractivity contribution < 1.29 is 4.74 Å². The fourth-order valence-corrected chi connectivity index (χ4v) is 0.972. The van der Waals surface area contributed by atoms with Gasteiger partial charge < -0.3 is 10.5 Å². The lowest BCUT2D eigenvalue weighted by atomic mass is 10.2. The Bertz CT molecular complexity index is 120. The lowest BCUT2D eigenvalue weighted by molar-refractivity contribution is 0.136. The smallest absolute Gasteiger partial charge is 0.121 e. The molecule has 0 amide bonds. The second-order valence-electron chi connectivity index (χ2n) is 2.45. The molecule has 52 valence electrons. The number of methoxy groups -OCH3 is 1. The number of nitrogens with one attached hydrogen (secondary N) is 1. The number of hydrogen-bond donors (Lipinski definition) is 2. The molecule has 0 bridgehead atoms. The van der Waals surface area contributed by atoms with Crippen molar-refractivity contribution in [3.63, 3.8) is 0 Å². The van der Waals surface area contributed by atoms with Crippen molar-refractivity contribution in [2.24, 2.45) is 11.7 Å². The van der Waals surface area contributed by atoms with Crippen molar-refractivity contribution in [1.82, 2.24) is 0 Å². The molecule has 3 nitrogen and oxygen atoms in total. The Morgan fingerprint density at radius 2 is 2.33 bits per heavy atom. The number of amidine groups is 1. The lowest BCUT2D eigenvalue weighted by Gasteiger charge is -2.10. The second kappa shape index (κ2) is 2.35. The first-order chi connectivity index (χ1) is 4.25. The zero-order valence-corrected chi connectivity index (χ0v) is 5.55. The van der Waals surface area contributed by atoms with Gasteiger partial charge in [0.1, 0.15) is 11.9 Å². The maximum atomic E-state index is 7.07. The summed E-state index contributed by atoms with van der Waals surface area (Å²) in [5, 5.41) is 7.07. The molecule has 0 unspecified atom stereocenters. The van der Waals surface area contributed by atoms with Crippen molar-refractivity contribution in [3.8, 4) is 0 Å². The van der Waals surface area contributed by atoms with Gasteiger partial charge in [-0.3, -0.25) is 5.41 Å². The molecule has 9 heavy (non-hydrogen) atoms. The fraction of sp³-hybridized carbons (Fsp3) is 0.833. The van der Waals surface area contributed by atoms with Crippen LogP contribution in [0.15, 0.2) is 0 Å². The van der Waals surface area contributed by atoms with E-state index < -0.39 is 0 Å². The van der Waals surface area contributed by atoms with E-state index in [0.717, 1.165) is 12.8 Å². The quantitative estimate of drug-likeness (QED) is 0.425. The Labute approximate surface area is 54.7 Å². The largest absolute Gasteiger partial charge is 0.385 e. The van der Waals surface area contributed by atoms with Crippen LogP contribution in [-0.4, -0.2) is 19.0 Å². The van der Waals surface area contributed by atoms with E-state index in [1.165, 1.54) is 0 Å². The summed E-state index contributed by atoms with van der Waals surface area (Å²) in [6.07, 6.45) is 2.22. The molecule has 1 aliphatic carbocycles. The van der Waals surface area contributed by atoms with E-state index in [1.807, 2.05) is 0 Å². The number of ether oxygens (including phenoxy) is 1. The molecule has 0 spiro atoms. The SMILES string of the molecule is CO[C@@H](C(=N)N)C1CC1. The number of nitrogens with two attached hydrogens (primary N) is 1. The average molecular weight is 128 g/mol. The molecule has 0 heterocycles. The van der Waals surface area contributed by atoms with E-state index in [1.54, 1.807) is 7.11 Å². The van der Waals surface area contributed by atoms with Crippen molar-refractivity contribution >= 4 is 5.84 Å². The van der Waals surface area contributed by atoms with Gasteiger partial charge in [0, 0.05) is 7.11 Å². The van der Waals surface area contributed by atoms with Gasteiger partial charge in [0.2, 0.25) is 0 Å². The molecule has 1 saturated carbocycles.